The Kier molecular flexibility index (Phi) is 8.14. The third-order valence-electron chi connectivity index (χ3n) is 7.40. The van der Waals surface area contributed by atoms with E-state index in [1.54, 1.807) is 7.05 Å². The van der Waals surface area contributed by atoms with Crippen molar-refractivity contribution >= 4 is 38.8 Å². The van der Waals surface area contributed by atoms with Gasteiger partial charge in [0.15, 0.2) is 15.5 Å². The molecule has 3 aromatic carbocycles. The molecule has 5 aromatic rings. The Morgan fingerprint density at radius 1 is 0.930 bits per heavy atom. The van der Waals surface area contributed by atoms with Crippen LogP contribution in [0.5, 0.6) is 0 Å². The van der Waals surface area contributed by atoms with Crippen molar-refractivity contribution in [3.05, 3.63) is 112 Å². The Bertz CT molecular complexity index is 1790. The minimum Gasteiger partial charge on any atom is -0.445 e. The second-order valence-electron chi connectivity index (χ2n) is 10.3. The fraction of sp³-hybridized carbons (Fsp3) is 0.219. The summed E-state index contributed by atoms with van der Waals surface area (Å²) in [6, 6.07) is 27.2. The molecule has 2 aromatic heterocycles. The third-order valence-corrected chi connectivity index (χ3v) is 8.39. The van der Waals surface area contributed by atoms with Crippen molar-refractivity contribution in [1.82, 2.24) is 25.2 Å². The number of amides is 2. The molecule has 2 amide bonds. The van der Waals surface area contributed by atoms with Gasteiger partial charge in [-0.05, 0) is 17.5 Å². The molecule has 0 saturated carbocycles. The molecule has 218 valence electrons. The fourth-order valence-electron chi connectivity index (χ4n) is 5.20. The molecule has 2 N–H and O–H groups in total. The maximum absolute atomic E-state index is 13.7. The zero-order valence-corrected chi connectivity index (χ0v) is 24.3. The van der Waals surface area contributed by atoms with Gasteiger partial charge in [-0.25, -0.2) is 14.8 Å². The number of nitrogens with one attached hydrogen (secondary N) is 2. The summed E-state index contributed by atoms with van der Waals surface area (Å²) in [6.07, 6.45) is -0.121. The monoisotopic (exact) mass is 594 g/mol. The van der Waals surface area contributed by atoms with Gasteiger partial charge in [0, 0.05) is 25.7 Å². The molecule has 6 rings (SSSR count). The molecule has 43 heavy (non-hydrogen) atoms. The lowest BCUT2D eigenvalue weighted by molar-refractivity contribution is -0.122. The van der Waals surface area contributed by atoms with E-state index in [9.17, 15) is 14.4 Å². The quantitative estimate of drug-likeness (QED) is 0.276. The lowest BCUT2D eigenvalue weighted by Crippen LogP contribution is -2.53. The van der Waals surface area contributed by atoms with Crippen LogP contribution in [0.25, 0.3) is 21.7 Å². The van der Waals surface area contributed by atoms with Gasteiger partial charge >= 0.3 is 6.09 Å². The first-order valence-corrected chi connectivity index (χ1v) is 14.8. The molecule has 0 bridgehead atoms. The maximum atomic E-state index is 13.7. The summed E-state index contributed by atoms with van der Waals surface area (Å²) in [5.74, 6) is 0.271. The van der Waals surface area contributed by atoms with Crippen LogP contribution in [0, 0.1) is 0 Å². The molecule has 0 aliphatic carbocycles. The summed E-state index contributed by atoms with van der Waals surface area (Å²) in [4.78, 5) is 51.6. The highest BCUT2D eigenvalue weighted by Gasteiger charge is 2.42. The van der Waals surface area contributed by atoms with Crippen LogP contribution in [-0.2, 0) is 29.7 Å². The van der Waals surface area contributed by atoms with E-state index in [0.29, 0.717) is 35.3 Å². The molecular weight excluding hydrogens is 564 g/mol. The molecule has 1 saturated heterocycles. The summed E-state index contributed by atoms with van der Waals surface area (Å²) in [5, 5.41) is 6.40. The van der Waals surface area contributed by atoms with Crippen molar-refractivity contribution in [3.63, 3.8) is 0 Å². The Labute approximate surface area is 252 Å². The van der Waals surface area contributed by atoms with Crippen molar-refractivity contribution in [2.24, 2.45) is 7.05 Å². The summed E-state index contributed by atoms with van der Waals surface area (Å²) in [6.45, 7) is 0.890. The lowest BCUT2D eigenvalue weighted by atomic mass is 10.1. The standard InChI is InChI=1S/C32H30N6O4S/c1-37-27(23-15-9-4-10-16-23)36-29-25(30(37)40)35-31(43-29)38-18-17-24(34-32(41)42-20-22-13-7-3-8-14-22)26(38)28(39)33-19-21-11-5-2-6-12-21/h2-16,24,26H,17-20H2,1H3,(H,33,39)(H,34,41)/t24-,26+/m0/s1. The zero-order valence-electron chi connectivity index (χ0n) is 23.5. The van der Waals surface area contributed by atoms with Gasteiger partial charge in [0.1, 0.15) is 18.5 Å². The number of carbonyl (C=O) groups is 2. The topological polar surface area (TPSA) is 118 Å². The average Bonchev–Trinajstić information content (AvgIpc) is 3.66. The van der Waals surface area contributed by atoms with Gasteiger partial charge in [0.25, 0.3) is 5.56 Å². The minimum absolute atomic E-state index is 0.116. The van der Waals surface area contributed by atoms with E-state index in [1.165, 1.54) is 15.9 Å². The van der Waals surface area contributed by atoms with E-state index >= 15 is 0 Å². The van der Waals surface area contributed by atoms with E-state index in [-0.39, 0.29) is 23.6 Å². The number of fused-ring (bicyclic) bond motifs is 1. The van der Waals surface area contributed by atoms with Crippen LogP contribution in [0.15, 0.2) is 95.8 Å². The van der Waals surface area contributed by atoms with Gasteiger partial charge in [0.2, 0.25) is 5.91 Å². The van der Waals surface area contributed by atoms with Crippen molar-refractivity contribution in [1.29, 1.82) is 0 Å². The molecule has 2 atom stereocenters. The number of benzene rings is 3. The molecule has 1 aliphatic heterocycles. The SMILES string of the molecule is Cn1c(-c2ccccc2)nc2sc(N3CC[C@H](NC(=O)OCc4ccccc4)[C@@H]3C(=O)NCc3ccccc3)nc2c1=O. The predicted octanol–water partition coefficient (Wildman–Crippen LogP) is 4.25. The van der Waals surface area contributed by atoms with Gasteiger partial charge < -0.3 is 20.3 Å². The number of carbonyl (C=O) groups excluding carboxylic acids is 2. The highest BCUT2D eigenvalue weighted by Crippen LogP contribution is 2.33. The van der Waals surface area contributed by atoms with E-state index in [4.69, 9.17) is 9.72 Å². The Hall–Kier alpha value is -5.03. The number of thiazole rings is 1. The maximum Gasteiger partial charge on any atom is 0.407 e. The number of alkyl carbamates (subject to hydrolysis) is 1. The molecule has 0 radical (unpaired) electrons. The van der Waals surface area contributed by atoms with Gasteiger partial charge in [-0.3, -0.25) is 14.2 Å². The predicted molar refractivity (Wildman–Crippen MR) is 166 cm³/mol. The number of hydrogen-bond donors (Lipinski definition) is 2. The Morgan fingerprint density at radius 2 is 1.58 bits per heavy atom. The molecule has 1 aliphatic rings. The third kappa shape index (κ3) is 6.12. The smallest absolute Gasteiger partial charge is 0.407 e. The Morgan fingerprint density at radius 3 is 2.28 bits per heavy atom. The van der Waals surface area contributed by atoms with E-state index in [1.807, 2.05) is 95.9 Å². The summed E-state index contributed by atoms with van der Waals surface area (Å²) in [7, 11) is 1.67. The minimum atomic E-state index is -0.772. The van der Waals surface area contributed by atoms with E-state index in [0.717, 1.165) is 16.7 Å². The highest BCUT2D eigenvalue weighted by molar-refractivity contribution is 7.21. The molecular formula is C32H30N6O4S. The first-order valence-electron chi connectivity index (χ1n) is 14.0. The average molecular weight is 595 g/mol. The second kappa shape index (κ2) is 12.5. The number of rotatable bonds is 8. The number of aromatic nitrogens is 3. The van der Waals surface area contributed by atoms with Gasteiger partial charge in [0.05, 0.1) is 6.04 Å². The van der Waals surface area contributed by atoms with Gasteiger partial charge in [-0.15, -0.1) is 0 Å². The van der Waals surface area contributed by atoms with Crippen LogP contribution in [-0.4, -0.2) is 45.2 Å². The van der Waals surface area contributed by atoms with Crippen molar-refractivity contribution in [2.75, 3.05) is 11.4 Å². The van der Waals surface area contributed by atoms with Gasteiger partial charge in [-0.1, -0.05) is 102 Å². The van der Waals surface area contributed by atoms with Crippen LogP contribution >= 0.6 is 11.3 Å². The number of anilines is 1. The largest absolute Gasteiger partial charge is 0.445 e. The van der Waals surface area contributed by atoms with Crippen molar-refractivity contribution < 1.29 is 14.3 Å². The fourth-order valence-corrected chi connectivity index (χ4v) is 6.19. The molecule has 1 fully saturated rings. The summed E-state index contributed by atoms with van der Waals surface area (Å²) < 4.78 is 6.94. The van der Waals surface area contributed by atoms with E-state index in [2.05, 4.69) is 15.6 Å². The lowest BCUT2D eigenvalue weighted by Gasteiger charge is -2.27. The first-order chi connectivity index (χ1) is 21.0. The number of nitrogens with zero attached hydrogens (tertiary/aromatic N) is 4. The molecule has 3 heterocycles. The van der Waals surface area contributed by atoms with Gasteiger partial charge in [-0.2, -0.15) is 0 Å². The number of ether oxygens (including phenoxy) is 1. The molecule has 0 spiro atoms. The van der Waals surface area contributed by atoms with Crippen molar-refractivity contribution in [2.45, 2.75) is 31.7 Å². The highest BCUT2D eigenvalue weighted by atomic mass is 32.1. The van der Waals surface area contributed by atoms with Crippen LogP contribution in [0.2, 0.25) is 0 Å². The van der Waals surface area contributed by atoms with Crippen molar-refractivity contribution in [3.8, 4) is 11.4 Å². The summed E-state index contributed by atoms with van der Waals surface area (Å²) >= 11 is 1.26. The Balaban J connectivity index is 1.27. The van der Waals surface area contributed by atoms with Crippen LogP contribution < -0.4 is 21.1 Å². The summed E-state index contributed by atoms with van der Waals surface area (Å²) in [5.41, 5.74) is 2.60. The van der Waals surface area contributed by atoms with Crippen LogP contribution in [0.1, 0.15) is 17.5 Å². The normalized spacial score (nSPS) is 16.3. The van der Waals surface area contributed by atoms with E-state index < -0.39 is 18.2 Å². The first kappa shape index (κ1) is 28.1. The zero-order chi connectivity index (χ0) is 29.8. The van der Waals surface area contributed by atoms with Crippen LogP contribution in [0.3, 0.4) is 0 Å². The molecule has 0 unspecified atom stereocenters. The second-order valence-corrected chi connectivity index (χ2v) is 11.2. The van der Waals surface area contributed by atoms with Crippen LogP contribution in [0.4, 0.5) is 9.93 Å². The number of hydrogen-bond acceptors (Lipinski definition) is 8. The molecule has 10 nitrogen and oxygen atoms in total. The molecule has 11 heteroatoms.